The molecular formula is C15H21FN2OS. The summed E-state index contributed by atoms with van der Waals surface area (Å²) < 4.78 is 13.0. The molecule has 0 radical (unpaired) electrons. The molecule has 0 spiro atoms. The number of benzene rings is 1. The standard InChI is InChI=1S/C15H21FN2OS/c1-4-20-9-10(2)18-14(17-11(3)15(18)19)12-5-7-13(16)8-6-12/h5-8,10-11,14,17H,4,9H2,1-3H3. The maximum Gasteiger partial charge on any atom is 0.241 e. The van der Waals surface area contributed by atoms with Gasteiger partial charge in [0, 0.05) is 11.8 Å². The minimum absolute atomic E-state index is 0.114. The van der Waals surface area contributed by atoms with Crippen LogP contribution in [0.3, 0.4) is 0 Å². The summed E-state index contributed by atoms with van der Waals surface area (Å²) in [6, 6.07) is 6.32. The molecule has 1 aliphatic rings. The van der Waals surface area contributed by atoms with Gasteiger partial charge in [0.15, 0.2) is 0 Å². The molecule has 5 heteroatoms. The Morgan fingerprint density at radius 1 is 1.40 bits per heavy atom. The molecule has 110 valence electrons. The third-order valence-electron chi connectivity index (χ3n) is 3.53. The smallest absolute Gasteiger partial charge is 0.241 e. The van der Waals surface area contributed by atoms with Gasteiger partial charge >= 0.3 is 0 Å². The highest BCUT2D eigenvalue weighted by Gasteiger charge is 2.39. The van der Waals surface area contributed by atoms with Crippen molar-refractivity contribution in [3.05, 3.63) is 35.6 Å². The number of rotatable bonds is 5. The first-order valence-corrected chi connectivity index (χ1v) is 8.11. The van der Waals surface area contributed by atoms with Gasteiger partial charge in [0.05, 0.1) is 6.04 Å². The summed E-state index contributed by atoms with van der Waals surface area (Å²) in [5.41, 5.74) is 0.928. The molecule has 1 aromatic carbocycles. The molecule has 0 aromatic heterocycles. The van der Waals surface area contributed by atoms with Crippen LogP contribution >= 0.6 is 11.8 Å². The Morgan fingerprint density at radius 2 is 2.05 bits per heavy atom. The van der Waals surface area contributed by atoms with E-state index >= 15 is 0 Å². The lowest BCUT2D eigenvalue weighted by atomic mass is 10.1. The van der Waals surface area contributed by atoms with Crippen LogP contribution in [0.1, 0.15) is 32.5 Å². The van der Waals surface area contributed by atoms with Gasteiger partial charge in [0.1, 0.15) is 12.0 Å². The van der Waals surface area contributed by atoms with Crippen LogP contribution in [0.4, 0.5) is 4.39 Å². The van der Waals surface area contributed by atoms with Crippen molar-refractivity contribution in [2.75, 3.05) is 11.5 Å². The summed E-state index contributed by atoms with van der Waals surface area (Å²) in [6.07, 6.45) is -0.162. The number of nitrogens with zero attached hydrogens (tertiary/aromatic N) is 1. The third-order valence-corrected chi connectivity index (χ3v) is 4.66. The van der Waals surface area contributed by atoms with Crippen molar-refractivity contribution in [2.24, 2.45) is 0 Å². The Balaban J connectivity index is 2.21. The summed E-state index contributed by atoms with van der Waals surface area (Å²) in [5, 5.41) is 3.29. The van der Waals surface area contributed by atoms with Crippen molar-refractivity contribution < 1.29 is 9.18 Å². The number of amides is 1. The number of hydrogen-bond acceptors (Lipinski definition) is 3. The Labute approximate surface area is 123 Å². The van der Waals surface area contributed by atoms with Crippen LogP contribution in [-0.2, 0) is 4.79 Å². The molecule has 1 aromatic rings. The molecule has 3 nitrogen and oxygen atoms in total. The summed E-state index contributed by atoms with van der Waals surface area (Å²) in [5.74, 6) is 1.81. The Bertz CT molecular complexity index is 465. The maximum atomic E-state index is 13.0. The van der Waals surface area contributed by atoms with Crippen LogP contribution in [-0.4, -0.2) is 34.4 Å². The molecule has 1 heterocycles. The molecule has 1 saturated heterocycles. The van der Waals surface area contributed by atoms with Crippen molar-refractivity contribution in [1.82, 2.24) is 10.2 Å². The molecule has 1 N–H and O–H groups in total. The zero-order chi connectivity index (χ0) is 14.7. The number of carbonyl (C=O) groups excluding carboxylic acids is 1. The van der Waals surface area contributed by atoms with Crippen molar-refractivity contribution in [3.8, 4) is 0 Å². The van der Waals surface area contributed by atoms with Crippen molar-refractivity contribution in [3.63, 3.8) is 0 Å². The highest BCUT2D eigenvalue weighted by Crippen LogP contribution is 2.28. The van der Waals surface area contributed by atoms with Crippen LogP contribution in [0.25, 0.3) is 0 Å². The number of nitrogens with one attached hydrogen (secondary N) is 1. The summed E-state index contributed by atoms with van der Waals surface area (Å²) in [6.45, 7) is 6.05. The molecular weight excluding hydrogens is 275 g/mol. The monoisotopic (exact) mass is 296 g/mol. The predicted octanol–water partition coefficient (Wildman–Crippen LogP) is 2.79. The summed E-state index contributed by atoms with van der Waals surface area (Å²) in [7, 11) is 0. The molecule has 3 unspecified atom stereocenters. The maximum absolute atomic E-state index is 13.0. The second kappa shape index (κ2) is 6.59. The van der Waals surface area contributed by atoms with Gasteiger partial charge in [-0.3, -0.25) is 10.1 Å². The van der Waals surface area contributed by atoms with E-state index in [2.05, 4.69) is 19.2 Å². The topological polar surface area (TPSA) is 32.3 Å². The van der Waals surface area contributed by atoms with Crippen LogP contribution in [0, 0.1) is 5.82 Å². The molecule has 0 saturated carbocycles. The van der Waals surface area contributed by atoms with Gasteiger partial charge in [-0.1, -0.05) is 19.1 Å². The minimum Gasteiger partial charge on any atom is -0.318 e. The van der Waals surface area contributed by atoms with Crippen LogP contribution in [0.15, 0.2) is 24.3 Å². The highest BCUT2D eigenvalue weighted by atomic mass is 32.2. The van der Waals surface area contributed by atoms with E-state index in [-0.39, 0.29) is 30.0 Å². The van der Waals surface area contributed by atoms with E-state index in [0.717, 1.165) is 17.1 Å². The number of halogens is 1. The fraction of sp³-hybridized carbons (Fsp3) is 0.533. The van der Waals surface area contributed by atoms with Crippen LogP contribution < -0.4 is 5.32 Å². The Morgan fingerprint density at radius 3 is 2.65 bits per heavy atom. The highest BCUT2D eigenvalue weighted by molar-refractivity contribution is 7.99. The van der Waals surface area contributed by atoms with E-state index in [9.17, 15) is 9.18 Å². The normalized spacial score (nSPS) is 24.2. The Kier molecular flexibility index (Phi) is 5.05. The van der Waals surface area contributed by atoms with Gasteiger partial charge in [-0.05, 0) is 37.3 Å². The summed E-state index contributed by atoms with van der Waals surface area (Å²) in [4.78, 5) is 14.2. The molecule has 1 amide bonds. The van der Waals surface area contributed by atoms with Crippen molar-refractivity contribution in [1.29, 1.82) is 0 Å². The number of hydrogen-bond donors (Lipinski definition) is 1. The zero-order valence-corrected chi connectivity index (χ0v) is 12.9. The summed E-state index contributed by atoms with van der Waals surface area (Å²) >= 11 is 1.82. The number of thioether (sulfide) groups is 1. The molecule has 20 heavy (non-hydrogen) atoms. The van der Waals surface area contributed by atoms with Crippen LogP contribution in [0.5, 0.6) is 0 Å². The molecule has 2 rings (SSSR count). The quantitative estimate of drug-likeness (QED) is 0.907. The molecule has 0 aliphatic carbocycles. The van der Waals surface area contributed by atoms with E-state index in [1.807, 2.05) is 23.6 Å². The second-order valence-electron chi connectivity index (χ2n) is 5.10. The lowest BCUT2D eigenvalue weighted by Gasteiger charge is -2.30. The lowest BCUT2D eigenvalue weighted by molar-refractivity contribution is -0.131. The van der Waals surface area contributed by atoms with E-state index in [1.54, 1.807) is 12.1 Å². The average Bonchev–Trinajstić information content (AvgIpc) is 2.73. The van der Waals surface area contributed by atoms with Gasteiger partial charge in [0.2, 0.25) is 5.91 Å². The van der Waals surface area contributed by atoms with Crippen molar-refractivity contribution >= 4 is 17.7 Å². The Hall–Kier alpha value is -1.07. The molecule has 0 bridgehead atoms. The third kappa shape index (κ3) is 3.15. The zero-order valence-electron chi connectivity index (χ0n) is 12.1. The molecule has 3 atom stereocenters. The fourth-order valence-electron chi connectivity index (χ4n) is 2.48. The number of carbonyl (C=O) groups is 1. The van der Waals surface area contributed by atoms with E-state index < -0.39 is 0 Å². The predicted molar refractivity (Wildman–Crippen MR) is 81.0 cm³/mol. The van der Waals surface area contributed by atoms with Gasteiger partial charge in [-0.2, -0.15) is 11.8 Å². The lowest BCUT2D eigenvalue weighted by Crippen LogP contribution is -2.39. The average molecular weight is 296 g/mol. The van der Waals surface area contributed by atoms with E-state index in [0.29, 0.717) is 0 Å². The van der Waals surface area contributed by atoms with Gasteiger partial charge in [-0.15, -0.1) is 0 Å². The largest absolute Gasteiger partial charge is 0.318 e. The van der Waals surface area contributed by atoms with E-state index in [4.69, 9.17) is 0 Å². The van der Waals surface area contributed by atoms with E-state index in [1.165, 1.54) is 12.1 Å². The van der Waals surface area contributed by atoms with Crippen molar-refractivity contribution in [2.45, 2.75) is 39.0 Å². The fourth-order valence-corrected chi connectivity index (χ4v) is 3.22. The minimum atomic E-state index is -0.257. The first-order valence-electron chi connectivity index (χ1n) is 6.96. The molecule has 1 fully saturated rings. The van der Waals surface area contributed by atoms with Gasteiger partial charge in [0.25, 0.3) is 0 Å². The first kappa shape index (κ1) is 15.3. The van der Waals surface area contributed by atoms with Gasteiger partial charge in [-0.25, -0.2) is 4.39 Å². The van der Waals surface area contributed by atoms with Crippen LogP contribution in [0.2, 0.25) is 0 Å². The first-order chi connectivity index (χ1) is 9.54. The SMILES string of the molecule is CCSCC(C)N1C(=O)C(C)NC1c1ccc(F)cc1. The molecule has 1 aliphatic heterocycles. The van der Waals surface area contributed by atoms with Gasteiger partial charge < -0.3 is 4.90 Å². The second-order valence-corrected chi connectivity index (χ2v) is 6.42.